The van der Waals surface area contributed by atoms with Crippen LogP contribution in [-0.2, 0) is 9.53 Å². The number of carbonyl (C=O) groups excluding carboxylic acids is 1. The second-order valence-corrected chi connectivity index (χ2v) is 4.27. The van der Waals surface area contributed by atoms with Gasteiger partial charge >= 0.3 is 0 Å². The lowest BCUT2D eigenvalue weighted by molar-refractivity contribution is -0.136. The molecule has 0 radical (unpaired) electrons. The van der Waals surface area contributed by atoms with E-state index in [0.29, 0.717) is 11.9 Å². The van der Waals surface area contributed by atoms with Gasteiger partial charge in [-0.25, -0.2) is 0 Å². The lowest BCUT2D eigenvalue weighted by atomic mass is 10.1. The van der Waals surface area contributed by atoms with Crippen molar-refractivity contribution in [2.45, 2.75) is 18.9 Å². The fourth-order valence-electron chi connectivity index (χ4n) is 2.15. The molecule has 1 saturated heterocycles. The molecule has 94 valence electrons. The average molecular weight is 238 g/mol. The molecule has 1 aromatic rings. The molecule has 6 heteroatoms. The number of methoxy groups -OCH3 is 1. The molecule has 0 bridgehead atoms. The Morgan fingerprint density at radius 1 is 1.59 bits per heavy atom. The van der Waals surface area contributed by atoms with Gasteiger partial charge in [-0.2, -0.15) is 5.10 Å². The number of amides is 1. The Morgan fingerprint density at radius 3 is 2.82 bits per heavy atom. The molecule has 2 N–H and O–H groups in total. The van der Waals surface area contributed by atoms with E-state index in [1.807, 2.05) is 15.8 Å². The lowest BCUT2D eigenvalue weighted by Crippen LogP contribution is -2.40. The Balaban J connectivity index is 1.88. The summed E-state index contributed by atoms with van der Waals surface area (Å²) >= 11 is 0. The normalized spacial score (nSPS) is 17.4. The Labute approximate surface area is 100 Å². The highest BCUT2D eigenvalue weighted by atomic mass is 16.5. The van der Waals surface area contributed by atoms with E-state index in [1.165, 1.54) is 7.11 Å². The quantitative estimate of drug-likeness (QED) is 0.820. The zero-order valence-electron chi connectivity index (χ0n) is 10.0. The van der Waals surface area contributed by atoms with Crippen LogP contribution in [0, 0.1) is 0 Å². The molecule has 1 aliphatic heterocycles. The number of hydrogen-bond donors (Lipinski definition) is 1. The van der Waals surface area contributed by atoms with Gasteiger partial charge in [0.15, 0.2) is 0 Å². The summed E-state index contributed by atoms with van der Waals surface area (Å²) < 4.78 is 6.74. The minimum absolute atomic E-state index is 0.0610. The predicted octanol–water partition coefficient (Wildman–Crippen LogP) is 0.275. The topological polar surface area (TPSA) is 73.4 Å². The highest BCUT2D eigenvalue weighted by molar-refractivity contribution is 5.77. The van der Waals surface area contributed by atoms with E-state index in [2.05, 4.69) is 5.10 Å². The second-order valence-electron chi connectivity index (χ2n) is 4.27. The Morgan fingerprint density at radius 2 is 2.29 bits per heavy atom. The highest BCUT2D eigenvalue weighted by Crippen LogP contribution is 2.22. The minimum Gasteiger partial charge on any atom is -0.382 e. The third-order valence-corrected chi connectivity index (χ3v) is 3.09. The van der Waals surface area contributed by atoms with E-state index in [1.54, 1.807) is 6.07 Å². The van der Waals surface area contributed by atoms with Crippen molar-refractivity contribution < 1.29 is 9.53 Å². The number of nitrogens with zero attached hydrogens (tertiary/aromatic N) is 3. The number of carbonyl (C=O) groups is 1. The maximum atomic E-state index is 11.6. The molecule has 0 saturated carbocycles. The summed E-state index contributed by atoms with van der Waals surface area (Å²) in [6.45, 7) is 1.68. The van der Waals surface area contributed by atoms with Gasteiger partial charge in [0.1, 0.15) is 12.4 Å². The standard InChI is InChI=1S/C11H18N4O2/c1-17-8-11(16)14-5-2-9(3-6-14)15-7-4-10(12)13-15/h4,7,9H,2-3,5-6,8H2,1H3,(H2,12,13). The van der Waals surface area contributed by atoms with Crippen molar-refractivity contribution in [2.75, 3.05) is 32.5 Å². The monoisotopic (exact) mass is 238 g/mol. The molecule has 0 atom stereocenters. The van der Waals surface area contributed by atoms with Crippen molar-refractivity contribution in [3.05, 3.63) is 12.3 Å². The van der Waals surface area contributed by atoms with Crippen LogP contribution in [0.4, 0.5) is 5.82 Å². The first-order valence-corrected chi connectivity index (χ1v) is 5.78. The minimum atomic E-state index is 0.0610. The molecule has 1 aromatic heterocycles. The molecule has 0 aromatic carbocycles. The maximum Gasteiger partial charge on any atom is 0.248 e. The third kappa shape index (κ3) is 2.76. The van der Waals surface area contributed by atoms with E-state index in [9.17, 15) is 4.79 Å². The SMILES string of the molecule is COCC(=O)N1CCC(n2ccc(N)n2)CC1. The lowest BCUT2D eigenvalue weighted by Gasteiger charge is -2.31. The van der Waals surface area contributed by atoms with E-state index in [0.717, 1.165) is 25.9 Å². The van der Waals surface area contributed by atoms with Gasteiger partial charge in [-0.15, -0.1) is 0 Å². The number of anilines is 1. The zero-order valence-corrected chi connectivity index (χ0v) is 10.0. The molecule has 2 rings (SSSR count). The van der Waals surface area contributed by atoms with E-state index in [-0.39, 0.29) is 12.5 Å². The van der Waals surface area contributed by atoms with Crippen molar-refractivity contribution in [1.82, 2.24) is 14.7 Å². The largest absolute Gasteiger partial charge is 0.382 e. The molecule has 1 aliphatic rings. The van der Waals surface area contributed by atoms with Gasteiger partial charge in [0.2, 0.25) is 5.91 Å². The van der Waals surface area contributed by atoms with Crippen LogP contribution in [-0.4, -0.2) is 47.4 Å². The molecular formula is C11H18N4O2. The first kappa shape index (κ1) is 11.9. The summed E-state index contributed by atoms with van der Waals surface area (Å²) in [6.07, 6.45) is 3.72. The summed E-state index contributed by atoms with van der Waals surface area (Å²) in [5.74, 6) is 0.605. The summed E-state index contributed by atoms with van der Waals surface area (Å²) in [5.41, 5.74) is 5.59. The van der Waals surface area contributed by atoms with Crippen LogP contribution in [0.3, 0.4) is 0 Å². The molecule has 0 spiro atoms. The Bertz CT molecular complexity index is 383. The Kier molecular flexibility index (Phi) is 3.63. The van der Waals surface area contributed by atoms with Crippen LogP contribution in [0.2, 0.25) is 0 Å². The second kappa shape index (κ2) is 5.18. The van der Waals surface area contributed by atoms with Gasteiger partial charge in [0, 0.05) is 26.4 Å². The molecule has 0 aliphatic carbocycles. The third-order valence-electron chi connectivity index (χ3n) is 3.09. The number of aromatic nitrogens is 2. The molecular weight excluding hydrogens is 220 g/mol. The van der Waals surface area contributed by atoms with Crippen molar-refractivity contribution in [2.24, 2.45) is 0 Å². The van der Waals surface area contributed by atoms with Crippen LogP contribution in [0.25, 0.3) is 0 Å². The summed E-state index contributed by atoms with van der Waals surface area (Å²) in [7, 11) is 1.54. The summed E-state index contributed by atoms with van der Waals surface area (Å²) in [5, 5.41) is 4.21. The predicted molar refractivity (Wildman–Crippen MR) is 63.4 cm³/mol. The van der Waals surface area contributed by atoms with Gasteiger partial charge in [0.25, 0.3) is 0 Å². The van der Waals surface area contributed by atoms with Crippen LogP contribution in [0.15, 0.2) is 12.3 Å². The highest BCUT2D eigenvalue weighted by Gasteiger charge is 2.23. The van der Waals surface area contributed by atoms with E-state index in [4.69, 9.17) is 10.5 Å². The molecule has 0 unspecified atom stereocenters. The van der Waals surface area contributed by atoms with Crippen LogP contribution in [0.5, 0.6) is 0 Å². The number of nitrogen functional groups attached to an aromatic ring is 1. The van der Waals surface area contributed by atoms with Crippen LogP contribution in [0.1, 0.15) is 18.9 Å². The fourth-order valence-corrected chi connectivity index (χ4v) is 2.15. The first-order chi connectivity index (χ1) is 8.20. The summed E-state index contributed by atoms with van der Waals surface area (Å²) in [6, 6.07) is 2.14. The molecule has 1 amide bonds. The zero-order chi connectivity index (χ0) is 12.3. The fraction of sp³-hybridized carbons (Fsp3) is 0.636. The number of ether oxygens (including phenoxy) is 1. The summed E-state index contributed by atoms with van der Waals surface area (Å²) in [4.78, 5) is 13.4. The van der Waals surface area contributed by atoms with Crippen LogP contribution < -0.4 is 5.73 Å². The van der Waals surface area contributed by atoms with Crippen molar-refractivity contribution in [3.8, 4) is 0 Å². The van der Waals surface area contributed by atoms with E-state index >= 15 is 0 Å². The van der Waals surface area contributed by atoms with Gasteiger partial charge in [-0.3, -0.25) is 9.48 Å². The molecule has 6 nitrogen and oxygen atoms in total. The maximum absolute atomic E-state index is 11.6. The van der Waals surface area contributed by atoms with Crippen molar-refractivity contribution in [1.29, 1.82) is 0 Å². The first-order valence-electron chi connectivity index (χ1n) is 5.78. The van der Waals surface area contributed by atoms with Gasteiger partial charge in [0.05, 0.1) is 6.04 Å². The van der Waals surface area contributed by atoms with Crippen LogP contribution >= 0.6 is 0 Å². The number of hydrogen-bond acceptors (Lipinski definition) is 4. The molecule has 1 fully saturated rings. The number of likely N-dealkylation sites (tertiary alicyclic amines) is 1. The average Bonchev–Trinajstić information content (AvgIpc) is 2.76. The van der Waals surface area contributed by atoms with Crippen molar-refractivity contribution in [3.63, 3.8) is 0 Å². The van der Waals surface area contributed by atoms with Crippen molar-refractivity contribution >= 4 is 11.7 Å². The van der Waals surface area contributed by atoms with Gasteiger partial charge < -0.3 is 15.4 Å². The van der Waals surface area contributed by atoms with E-state index < -0.39 is 0 Å². The number of nitrogens with two attached hydrogens (primary N) is 1. The molecule has 17 heavy (non-hydrogen) atoms. The number of rotatable bonds is 3. The molecule has 2 heterocycles. The number of piperidine rings is 1. The Hall–Kier alpha value is -1.56. The van der Waals surface area contributed by atoms with Gasteiger partial charge in [-0.05, 0) is 18.9 Å². The smallest absolute Gasteiger partial charge is 0.248 e. The van der Waals surface area contributed by atoms with Gasteiger partial charge in [-0.1, -0.05) is 0 Å².